The zero-order chi connectivity index (χ0) is 27.4. The minimum Gasteiger partial charge on any atom is -0.505 e. The van der Waals surface area contributed by atoms with Crippen molar-refractivity contribution in [3.63, 3.8) is 0 Å². The molecule has 0 saturated heterocycles. The van der Waals surface area contributed by atoms with Gasteiger partial charge in [0.2, 0.25) is 0 Å². The molecule has 2 N–H and O–H groups in total. The molecular weight excluding hydrogens is 500 g/mol. The molecule has 0 fully saturated rings. The number of phenols is 1. The van der Waals surface area contributed by atoms with Gasteiger partial charge in [-0.3, -0.25) is 4.79 Å². The Morgan fingerprint density at radius 1 is 1.05 bits per heavy atom. The van der Waals surface area contributed by atoms with E-state index in [0.29, 0.717) is 28.0 Å². The summed E-state index contributed by atoms with van der Waals surface area (Å²) in [6.07, 6.45) is 4.35. The first-order valence-corrected chi connectivity index (χ1v) is 11.5. The van der Waals surface area contributed by atoms with Crippen molar-refractivity contribution in [2.75, 3.05) is 19.5 Å². The number of nitrogens with zero attached hydrogens (tertiary/aromatic N) is 7. The number of ether oxygens (including phenoxy) is 2. The molecule has 2 heterocycles. The fourth-order valence-corrected chi connectivity index (χ4v) is 3.87. The molecule has 2 aromatic heterocycles. The van der Waals surface area contributed by atoms with Crippen LogP contribution in [0.4, 0.5) is 17.2 Å². The van der Waals surface area contributed by atoms with E-state index in [0.717, 1.165) is 0 Å². The van der Waals surface area contributed by atoms with Crippen LogP contribution in [0, 0.1) is 11.3 Å². The zero-order valence-electron chi connectivity index (χ0n) is 20.7. The second-order valence-corrected chi connectivity index (χ2v) is 8.02. The molecule has 0 aliphatic carbocycles. The maximum absolute atomic E-state index is 13.2. The van der Waals surface area contributed by atoms with Crippen LogP contribution in [0.3, 0.4) is 0 Å². The van der Waals surface area contributed by atoms with Gasteiger partial charge in [0.15, 0.2) is 11.6 Å². The Balaban J connectivity index is 1.63. The first kappa shape index (κ1) is 24.8. The third-order valence-electron chi connectivity index (χ3n) is 5.74. The highest BCUT2D eigenvalue weighted by Gasteiger charge is 2.22. The van der Waals surface area contributed by atoms with Gasteiger partial charge in [-0.1, -0.05) is 12.1 Å². The average molecular weight is 521 g/mol. The molecule has 0 spiro atoms. The van der Waals surface area contributed by atoms with E-state index < -0.39 is 11.7 Å². The molecule has 5 rings (SSSR count). The van der Waals surface area contributed by atoms with E-state index in [2.05, 4.69) is 30.6 Å². The average Bonchev–Trinajstić information content (AvgIpc) is 3.39. The molecule has 1 amide bonds. The number of nitriles is 1. The molecule has 192 valence electrons. The van der Waals surface area contributed by atoms with Crippen molar-refractivity contribution in [3.8, 4) is 29.3 Å². The van der Waals surface area contributed by atoms with E-state index in [1.54, 1.807) is 55.6 Å². The number of phenolic OH excluding ortho intramolecular Hbond substituents is 1. The highest BCUT2D eigenvalue weighted by molar-refractivity contribution is 6.12. The highest BCUT2D eigenvalue weighted by atomic mass is 16.5. The number of aromatic nitrogens is 4. The van der Waals surface area contributed by atoms with E-state index in [9.17, 15) is 15.2 Å². The van der Waals surface area contributed by atoms with Gasteiger partial charge in [0.25, 0.3) is 11.9 Å². The third-order valence-corrected chi connectivity index (χ3v) is 5.74. The molecule has 0 aliphatic heterocycles. The molecule has 12 nitrogen and oxygen atoms in total. The van der Waals surface area contributed by atoms with Crippen molar-refractivity contribution in [2.45, 2.75) is 0 Å². The van der Waals surface area contributed by atoms with Crippen LogP contribution in [0.25, 0.3) is 16.7 Å². The van der Waals surface area contributed by atoms with Gasteiger partial charge in [0.1, 0.15) is 28.8 Å². The van der Waals surface area contributed by atoms with Crippen molar-refractivity contribution in [2.24, 2.45) is 10.2 Å². The van der Waals surface area contributed by atoms with Crippen molar-refractivity contribution in [3.05, 3.63) is 84.3 Å². The number of azo groups is 1. The standard InChI is InChI=1S/C27H20N8O4/c1-38-19-9-7-18(8-10-19)32-26(37)20-13-16-5-3-6-21(39-2)22(16)23(24(20)36)33-34-25-17(14-28)15-31-35(25)27-29-11-4-12-30-27/h3-13,15,36H,1-2H3,(H,32,37). The van der Waals surface area contributed by atoms with Crippen LogP contribution in [0.1, 0.15) is 15.9 Å². The maximum Gasteiger partial charge on any atom is 0.259 e. The number of carbonyl (C=O) groups excluding carboxylic acids is 1. The number of hydrogen-bond acceptors (Lipinski definition) is 10. The topological polar surface area (TPSA) is 160 Å². The Hall–Kier alpha value is -5.83. The van der Waals surface area contributed by atoms with Gasteiger partial charge in [-0.25, -0.2) is 9.97 Å². The lowest BCUT2D eigenvalue weighted by molar-refractivity contribution is 0.102. The quantitative estimate of drug-likeness (QED) is 0.281. The number of benzene rings is 3. The Kier molecular flexibility index (Phi) is 6.79. The Morgan fingerprint density at radius 2 is 1.82 bits per heavy atom. The number of methoxy groups -OCH3 is 2. The Labute approximate surface area is 221 Å². The highest BCUT2D eigenvalue weighted by Crippen LogP contribution is 2.44. The third kappa shape index (κ3) is 4.79. The molecule has 0 bridgehead atoms. The second kappa shape index (κ2) is 10.7. The van der Waals surface area contributed by atoms with E-state index in [1.165, 1.54) is 36.4 Å². The maximum atomic E-state index is 13.2. The largest absolute Gasteiger partial charge is 0.505 e. The lowest BCUT2D eigenvalue weighted by Crippen LogP contribution is -2.12. The van der Waals surface area contributed by atoms with Crippen molar-refractivity contribution in [1.82, 2.24) is 19.7 Å². The first-order valence-electron chi connectivity index (χ1n) is 11.5. The molecule has 3 aromatic carbocycles. The summed E-state index contributed by atoms with van der Waals surface area (Å²) in [5.41, 5.74) is 0.534. The Morgan fingerprint density at radius 3 is 2.51 bits per heavy atom. The van der Waals surface area contributed by atoms with Crippen molar-refractivity contribution >= 4 is 33.9 Å². The minimum absolute atomic E-state index is 0.0320. The van der Waals surface area contributed by atoms with Crippen LogP contribution >= 0.6 is 0 Å². The smallest absolute Gasteiger partial charge is 0.259 e. The van der Waals surface area contributed by atoms with Gasteiger partial charge in [-0.15, -0.1) is 10.2 Å². The van der Waals surface area contributed by atoms with Gasteiger partial charge < -0.3 is 19.9 Å². The molecule has 12 heteroatoms. The SMILES string of the molecule is COc1ccc(NC(=O)c2cc3cccc(OC)c3c(N=Nc3c(C#N)cnn3-c3ncccn3)c2O)cc1. The van der Waals surface area contributed by atoms with Crippen LogP contribution in [0.2, 0.25) is 0 Å². The van der Waals surface area contributed by atoms with E-state index in [-0.39, 0.29) is 28.6 Å². The lowest BCUT2D eigenvalue weighted by Gasteiger charge is -2.13. The van der Waals surface area contributed by atoms with Gasteiger partial charge >= 0.3 is 0 Å². The summed E-state index contributed by atoms with van der Waals surface area (Å²) in [6.45, 7) is 0. The summed E-state index contributed by atoms with van der Waals surface area (Å²) in [6, 6.07) is 17.1. The molecular formula is C27H20N8O4. The Bertz CT molecular complexity index is 1740. The summed E-state index contributed by atoms with van der Waals surface area (Å²) in [4.78, 5) is 21.5. The number of fused-ring (bicyclic) bond motifs is 1. The van der Waals surface area contributed by atoms with E-state index >= 15 is 0 Å². The predicted octanol–water partition coefficient (Wildman–Crippen LogP) is 5.08. The number of carbonyl (C=O) groups is 1. The van der Waals surface area contributed by atoms with Gasteiger partial charge in [-0.2, -0.15) is 15.0 Å². The fraction of sp³-hybridized carbons (Fsp3) is 0.0741. The predicted molar refractivity (Wildman–Crippen MR) is 141 cm³/mol. The number of rotatable bonds is 7. The van der Waals surface area contributed by atoms with E-state index in [1.807, 2.05) is 6.07 Å². The summed E-state index contributed by atoms with van der Waals surface area (Å²) in [5, 5.41) is 37.3. The summed E-state index contributed by atoms with van der Waals surface area (Å²) < 4.78 is 11.9. The van der Waals surface area contributed by atoms with Gasteiger partial charge in [0, 0.05) is 18.1 Å². The van der Waals surface area contributed by atoms with Crippen molar-refractivity contribution in [1.29, 1.82) is 5.26 Å². The first-order chi connectivity index (χ1) is 19.0. The van der Waals surface area contributed by atoms with Crippen LogP contribution in [-0.4, -0.2) is 45.0 Å². The number of nitrogens with one attached hydrogen (secondary N) is 1. The lowest BCUT2D eigenvalue weighted by atomic mass is 10.0. The molecule has 0 radical (unpaired) electrons. The summed E-state index contributed by atoms with van der Waals surface area (Å²) >= 11 is 0. The number of hydrogen-bond donors (Lipinski definition) is 2. The monoisotopic (exact) mass is 520 g/mol. The summed E-state index contributed by atoms with van der Waals surface area (Å²) in [7, 11) is 3.02. The fourth-order valence-electron chi connectivity index (χ4n) is 3.87. The number of aromatic hydroxyl groups is 1. The summed E-state index contributed by atoms with van der Waals surface area (Å²) in [5.74, 6) is 0.250. The van der Waals surface area contributed by atoms with Crippen LogP contribution in [0.5, 0.6) is 17.2 Å². The normalized spacial score (nSPS) is 10.9. The van der Waals surface area contributed by atoms with Crippen LogP contribution in [0.15, 0.2) is 83.4 Å². The molecule has 39 heavy (non-hydrogen) atoms. The van der Waals surface area contributed by atoms with Crippen LogP contribution in [-0.2, 0) is 0 Å². The van der Waals surface area contributed by atoms with E-state index in [4.69, 9.17) is 9.47 Å². The molecule has 0 unspecified atom stereocenters. The van der Waals surface area contributed by atoms with Crippen molar-refractivity contribution < 1.29 is 19.4 Å². The minimum atomic E-state index is -0.570. The second-order valence-electron chi connectivity index (χ2n) is 8.02. The van der Waals surface area contributed by atoms with Gasteiger partial charge in [-0.05, 0) is 47.9 Å². The molecule has 0 aliphatic rings. The molecule has 0 saturated carbocycles. The number of amides is 1. The molecule has 5 aromatic rings. The van der Waals surface area contributed by atoms with Gasteiger partial charge in [0.05, 0.1) is 31.4 Å². The zero-order valence-corrected chi connectivity index (χ0v) is 20.7. The number of anilines is 1. The van der Waals surface area contributed by atoms with Crippen LogP contribution < -0.4 is 14.8 Å². The molecule has 0 atom stereocenters.